The number of ether oxygens (including phenoxy) is 1. The summed E-state index contributed by atoms with van der Waals surface area (Å²) in [6.07, 6.45) is 0. The van der Waals surface area contributed by atoms with E-state index >= 15 is 0 Å². The number of likely N-dealkylation sites (N-methyl/N-ethyl adjacent to an activating group) is 1. The maximum Gasteiger partial charge on any atom is 0.260 e. The highest BCUT2D eigenvalue weighted by Crippen LogP contribution is 2.32. The molecule has 8 heteroatoms. The second kappa shape index (κ2) is 9.50. The lowest BCUT2D eigenvalue weighted by Crippen LogP contribution is -2.36. The number of carbonyl (C=O) groups is 1. The largest absolute Gasteiger partial charge is 0.497 e. The van der Waals surface area contributed by atoms with E-state index in [0.717, 1.165) is 27.0 Å². The number of fused-ring (bicyclic) bond motifs is 1. The molecule has 1 heterocycles. The molecule has 0 saturated carbocycles. The number of thiazole rings is 1. The topological polar surface area (TPSA) is 45.7 Å². The van der Waals surface area contributed by atoms with Crippen LogP contribution in [0.3, 0.4) is 0 Å². The van der Waals surface area contributed by atoms with Gasteiger partial charge in [-0.05, 0) is 44.4 Å². The van der Waals surface area contributed by atoms with Crippen LogP contribution in [-0.2, 0) is 0 Å². The number of rotatable bonds is 6. The van der Waals surface area contributed by atoms with Gasteiger partial charge in [-0.25, -0.2) is 4.98 Å². The number of hydrogen-bond acceptors (Lipinski definition) is 5. The molecule has 2 aromatic carbocycles. The summed E-state index contributed by atoms with van der Waals surface area (Å²) in [6.45, 7) is 1.31. The van der Waals surface area contributed by atoms with Gasteiger partial charge in [0.25, 0.3) is 5.91 Å². The molecule has 5 nitrogen and oxygen atoms in total. The molecule has 0 radical (unpaired) electrons. The van der Waals surface area contributed by atoms with E-state index in [9.17, 15) is 4.79 Å². The van der Waals surface area contributed by atoms with E-state index < -0.39 is 0 Å². The first-order chi connectivity index (χ1) is 12.5. The number of benzene rings is 2. The third kappa shape index (κ3) is 5.19. The van der Waals surface area contributed by atoms with Crippen LogP contribution in [0.2, 0.25) is 0 Å². The number of amides is 1. The fourth-order valence-electron chi connectivity index (χ4n) is 2.50. The van der Waals surface area contributed by atoms with Crippen molar-refractivity contribution < 1.29 is 9.53 Å². The van der Waals surface area contributed by atoms with Crippen LogP contribution < -0.4 is 9.64 Å². The van der Waals surface area contributed by atoms with Gasteiger partial charge in [0, 0.05) is 29.2 Å². The van der Waals surface area contributed by atoms with Crippen LogP contribution in [0.5, 0.6) is 5.75 Å². The number of aromatic nitrogens is 1. The van der Waals surface area contributed by atoms with E-state index in [4.69, 9.17) is 4.74 Å². The first-order valence-corrected chi connectivity index (χ1v) is 9.75. The van der Waals surface area contributed by atoms with Crippen molar-refractivity contribution in [3.8, 4) is 5.75 Å². The van der Waals surface area contributed by atoms with Crippen LogP contribution in [0.4, 0.5) is 5.13 Å². The SMILES string of the molecule is COc1ccc2sc(N(CCN(C)C)C(=O)c3cccc(Br)c3)nc2c1.Cl. The van der Waals surface area contributed by atoms with Gasteiger partial charge in [-0.3, -0.25) is 9.69 Å². The Morgan fingerprint density at radius 1 is 1.19 bits per heavy atom. The highest BCUT2D eigenvalue weighted by Gasteiger charge is 2.21. The Morgan fingerprint density at radius 3 is 2.63 bits per heavy atom. The summed E-state index contributed by atoms with van der Waals surface area (Å²) < 4.78 is 7.18. The molecule has 0 unspecified atom stereocenters. The van der Waals surface area contributed by atoms with Crippen molar-refractivity contribution in [3.63, 3.8) is 0 Å². The molecule has 144 valence electrons. The van der Waals surface area contributed by atoms with E-state index in [1.54, 1.807) is 12.0 Å². The van der Waals surface area contributed by atoms with Crippen molar-refractivity contribution in [2.75, 3.05) is 39.2 Å². The third-order valence-electron chi connectivity index (χ3n) is 3.90. The summed E-state index contributed by atoms with van der Waals surface area (Å²) in [6, 6.07) is 13.2. The van der Waals surface area contributed by atoms with Gasteiger partial charge in [0.1, 0.15) is 5.75 Å². The average Bonchev–Trinajstić information content (AvgIpc) is 3.04. The van der Waals surface area contributed by atoms with Crippen LogP contribution in [0.15, 0.2) is 46.9 Å². The van der Waals surface area contributed by atoms with E-state index in [1.807, 2.05) is 56.6 Å². The first kappa shape index (κ1) is 21.6. The molecule has 0 atom stereocenters. The summed E-state index contributed by atoms with van der Waals surface area (Å²) in [5.74, 6) is 0.701. The Kier molecular flexibility index (Phi) is 7.61. The number of halogens is 2. The van der Waals surface area contributed by atoms with Crippen molar-refractivity contribution in [1.82, 2.24) is 9.88 Å². The maximum absolute atomic E-state index is 13.1. The molecule has 0 fully saturated rings. The summed E-state index contributed by atoms with van der Waals surface area (Å²) >= 11 is 4.95. The highest BCUT2D eigenvalue weighted by molar-refractivity contribution is 9.10. The standard InChI is InChI=1S/C19H20BrN3O2S.ClH/c1-22(2)9-10-23(18(24)13-5-4-6-14(20)11-13)19-21-16-12-15(25-3)7-8-17(16)26-19;/h4-8,11-12H,9-10H2,1-3H3;1H. The molecule has 0 aliphatic heterocycles. The molecule has 3 rings (SSSR count). The van der Waals surface area contributed by atoms with Crippen molar-refractivity contribution in [1.29, 1.82) is 0 Å². The van der Waals surface area contributed by atoms with Crippen LogP contribution in [-0.4, -0.2) is 50.1 Å². The second-order valence-electron chi connectivity index (χ2n) is 6.10. The molecule has 0 aliphatic rings. The summed E-state index contributed by atoms with van der Waals surface area (Å²) in [7, 11) is 5.62. The molecule has 1 amide bonds. The zero-order valence-electron chi connectivity index (χ0n) is 15.3. The van der Waals surface area contributed by atoms with E-state index in [1.165, 1.54) is 11.3 Å². The number of nitrogens with zero attached hydrogens (tertiary/aromatic N) is 3. The molecule has 0 aliphatic carbocycles. The lowest BCUT2D eigenvalue weighted by atomic mass is 10.2. The minimum atomic E-state index is -0.0563. The quantitative estimate of drug-likeness (QED) is 0.524. The lowest BCUT2D eigenvalue weighted by Gasteiger charge is -2.22. The highest BCUT2D eigenvalue weighted by atomic mass is 79.9. The fourth-order valence-corrected chi connectivity index (χ4v) is 3.87. The monoisotopic (exact) mass is 469 g/mol. The first-order valence-electron chi connectivity index (χ1n) is 8.14. The predicted octanol–water partition coefficient (Wildman–Crippen LogP) is 4.70. The molecule has 0 saturated heterocycles. The molecule has 0 spiro atoms. The van der Waals surface area contributed by atoms with Crippen LogP contribution in [0, 0.1) is 0 Å². The van der Waals surface area contributed by atoms with Crippen LogP contribution in [0.1, 0.15) is 10.4 Å². The van der Waals surface area contributed by atoms with E-state index in [0.29, 0.717) is 17.2 Å². The summed E-state index contributed by atoms with van der Waals surface area (Å²) in [5, 5.41) is 0.695. The predicted molar refractivity (Wildman–Crippen MR) is 118 cm³/mol. The minimum Gasteiger partial charge on any atom is -0.497 e. The fraction of sp³-hybridized carbons (Fsp3) is 0.263. The van der Waals surface area contributed by atoms with Gasteiger partial charge in [-0.1, -0.05) is 33.3 Å². The molecular formula is C19H21BrClN3O2S. The van der Waals surface area contributed by atoms with Gasteiger partial charge in [0.15, 0.2) is 5.13 Å². The lowest BCUT2D eigenvalue weighted by molar-refractivity contribution is 0.0985. The zero-order valence-corrected chi connectivity index (χ0v) is 18.5. The average molecular weight is 471 g/mol. The molecule has 0 N–H and O–H groups in total. The Hall–Kier alpha value is -1.67. The van der Waals surface area contributed by atoms with Crippen molar-refractivity contribution in [2.24, 2.45) is 0 Å². The van der Waals surface area contributed by atoms with E-state index in [2.05, 4.69) is 25.8 Å². The number of anilines is 1. The zero-order chi connectivity index (χ0) is 18.7. The Bertz CT molecular complexity index is 932. The second-order valence-corrected chi connectivity index (χ2v) is 8.03. The molecule has 27 heavy (non-hydrogen) atoms. The van der Waals surface area contributed by atoms with Gasteiger partial charge >= 0.3 is 0 Å². The molecule has 1 aromatic heterocycles. The summed E-state index contributed by atoms with van der Waals surface area (Å²) in [5.41, 5.74) is 1.47. The number of carbonyl (C=O) groups excluding carboxylic acids is 1. The van der Waals surface area contributed by atoms with Gasteiger partial charge in [-0.15, -0.1) is 12.4 Å². The van der Waals surface area contributed by atoms with Crippen molar-refractivity contribution in [2.45, 2.75) is 0 Å². The maximum atomic E-state index is 13.1. The smallest absolute Gasteiger partial charge is 0.260 e. The van der Waals surface area contributed by atoms with Crippen molar-refractivity contribution >= 4 is 60.9 Å². The minimum absolute atomic E-state index is 0. The Morgan fingerprint density at radius 2 is 1.96 bits per heavy atom. The van der Waals surface area contributed by atoms with Crippen LogP contribution >= 0.6 is 39.7 Å². The third-order valence-corrected chi connectivity index (χ3v) is 5.45. The van der Waals surface area contributed by atoms with Gasteiger partial charge in [-0.2, -0.15) is 0 Å². The Labute approximate surface area is 177 Å². The van der Waals surface area contributed by atoms with E-state index in [-0.39, 0.29) is 18.3 Å². The molecule has 3 aromatic rings. The van der Waals surface area contributed by atoms with Gasteiger partial charge in [0.05, 0.1) is 17.3 Å². The molecular weight excluding hydrogens is 450 g/mol. The van der Waals surface area contributed by atoms with Crippen molar-refractivity contribution in [3.05, 3.63) is 52.5 Å². The van der Waals surface area contributed by atoms with Gasteiger partial charge < -0.3 is 9.64 Å². The number of methoxy groups -OCH3 is 1. The number of hydrogen-bond donors (Lipinski definition) is 0. The Balaban J connectivity index is 0.00000261. The van der Waals surface area contributed by atoms with Gasteiger partial charge in [0.2, 0.25) is 0 Å². The summed E-state index contributed by atoms with van der Waals surface area (Å²) in [4.78, 5) is 21.6. The molecule has 0 bridgehead atoms. The normalized spacial score (nSPS) is 10.7. The van der Waals surface area contributed by atoms with Crippen LogP contribution in [0.25, 0.3) is 10.2 Å².